The van der Waals surface area contributed by atoms with E-state index in [-0.39, 0.29) is 5.91 Å². The van der Waals surface area contributed by atoms with Crippen LogP contribution < -0.4 is 10.1 Å². The summed E-state index contributed by atoms with van der Waals surface area (Å²) in [5.74, 6) is 0.557. The molecule has 1 amide bonds. The van der Waals surface area contributed by atoms with Gasteiger partial charge >= 0.3 is 0 Å². The van der Waals surface area contributed by atoms with Gasteiger partial charge in [0.2, 0.25) is 0 Å². The minimum atomic E-state index is -0.213. The summed E-state index contributed by atoms with van der Waals surface area (Å²) in [6.45, 7) is 4.00. The van der Waals surface area contributed by atoms with E-state index in [1.54, 1.807) is 13.2 Å². The Labute approximate surface area is 135 Å². The van der Waals surface area contributed by atoms with Crippen molar-refractivity contribution in [3.63, 3.8) is 0 Å². The van der Waals surface area contributed by atoms with E-state index in [1.165, 1.54) is 5.56 Å². The fraction of sp³-hybridized carbons (Fsp3) is 0.158. The number of methoxy groups -OCH3 is 1. The minimum Gasteiger partial charge on any atom is -0.497 e. The predicted octanol–water partition coefficient (Wildman–Crippen LogP) is 4.11. The Kier molecular flexibility index (Phi) is 3.98. The van der Waals surface area contributed by atoms with Crippen LogP contribution in [0.5, 0.6) is 5.75 Å². The van der Waals surface area contributed by atoms with Gasteiger partial charge in [-0.3, -0.25) is 4.79 Å². The van der Waals surface area contributed by atoms with Crippen LogP contribution >= 0.6 is 0 Å². The van der Waals surface area contributed by atoms with E-state index in [1.807, 2.05) is 56.3 Å². The summed E-state index contributed by atoms with van der Waals surface area (Å²) in [5, 5.41) is 3.85. The summed E-state index contributed by atoms with van der Waals surface area (Å²) in [5.41, 5.74) is 4.15. The SMILES string of the molecule is COc1ccc2nc(C(=O)Nc3ccc(C)cc3C)ccc2c1. The lowest BCUT2D eigenvalue weighted by atomic mass is 10.1. The number of rotatable bonds is 3. The van der Waals surface area contributed by atoms with Gasteiger partial charge in [0.15, 0.2) is 0 Å². The lowest BCUT2D eigenvalue weighted by molar-refractivity contribution is 0.102. The molecule has 1 heterocycles. The first-order valence-electron chi connectivity index (χ1n) is 7.40. The van der Waals surface area contributed by atoms with Gasteiger partial charge in [-0.1, -0.05) is 23.8 Å². The first-order chi connectivity index (χ1) is 11.1. The van der Waals surface area contributed by atoms with Gasteiger partial charge in [-0.15, -0.1) is 0 Å². The van der Waals surface area contributed by atoms with Crippen molar-refractivity contribution >= 4 is 22.5 Å². The molecule has 1 N–H and O–H groups in total. The Balaban J connectivity index is 1.88. The molecule has 0 saturated heterocycles. The summed E-state index contributed by atoms with van der Waals surface area (Å²) in [6.07, 6.45) is 0. The smallest absolute Gasteiger partial charge is 0.274 e. The number of carbonyl (C=O) groups is 1. The molecule has 1 aromatic heterocycles. The maximum absolute atomic E-state index is 12.4. The number of hydrogen-bond acceptors (Lipinski definition) is 3. The maximum Gasteiger partial charge on any atom is 0.274 e. The number of hydrogen-bond donors (Lipinski definition) is 1. The van der Waals surface area contributed by atoms with Crippen LogP contribution in [-0.2, 0) is 0 Å². The first kappa shape index (κ1) is 15.0. The molecule has 2 aromatic carbocycles. The largest absolute Gasteiger partial charge is 0.497 e. The third kappa shape index (κ3) is 3.16. The fourth-order valence-corrected chi connectivity index (χ4v) is 2.50. The van der Waals surface area contributed by atoms with E-state index in [2.05, 4.69) is 10.3 Å². The average Bonchev–Trinajstić information content (AvgIpc) is 2.56. The zero-order valence-electron chi connectivity index (χ0n) is 13.4. The molecular weight excluding hydrogens is 288 g/mol. The van der Waals surface area contributed by atoms with Crippen LogP contribution in [0.4, 0.5) is 5.69 Å². The Hall–Kier alpha value is -2.88. The molecule has 0 radical (unpaired) electrons. The zero-order chi connectivity index (χ0) is 16.4. The molecule has 0 aliphatic rings. The zero-order valence-corrected chi connectivity index (χ0v) is 13.4. The second-order valence-electron chi connectivity index (χ2n) is 5.53. The van der Waals surface area contributed by atoms with Crippen LogP contribution in [0, 0.1) is 13.8 Å². The van der Waals surface area contributed by atoms with Crippen LogP contribution in [0.15, 0.2) is 48.5 Å². The quantitative estimate of drug-likeness (QED) is 0.792. The van der Waals surface area contributed by atoms with Crippen molar-refractivity contribution < 1.29 is 9.53 Å². The summed E-state index contributed by atoms with van der Waals surface area (Å²) in [7, 11) is 1.63. The number of aromatic nitrogens is 1. The van der Waals surface area contributed by atoms with Crippen LogP contribution in [0.1, 0.15) is 21.6 Å². The first-order valence-corrected chi connectivity index (χ1v) is 7.40. The van der Waals surface area contributed by atoms with Gasteiger partial charge in [0.05, 0.1) is 12.6 Å². The highest BCUT2D eigenvalue weighted by Crippen LogP contribution is 2.21. The standard InChI is InChI=1S/C19H18N2O2/c1-12-4-7-16(13(2)10-12)21-19(22)18-8-5-14-11-15(23-3)6-9-17(14)20-18/h4-11H,1-3H3,(H,21,22). The Morgan fingerprint density at radius 2 is 1.87 bits per heavy atom. The topological polar surface area (TPSA) is 51.2 Å². The molecule has 0 aliphatic carbocycles. The number of nitrogens with zero attached hydrogens (tertiary/aromatic N) is 1. The van der Waals surface area contributed by atoms with Gasteiger partial charge in [-0.2, -0.15) is 0 Å². The highest BCUT2D eigenvalue weighted by molar-refractivity contribution is 6.04. The number of carbonyl (C=O) groups excluding carboxylic acids is 1. The number of nitrogens with one attached hydrogen (secondary N) is 1. The summed E-state index contributed by atoms with van der Waals surface area (Å²) in [4.78, 5) is 16.8. The number of ether oxygens (including phenoxy) is 1. The molecule has 116 valence electrons. The van der Waals surface area contributed by atoms with Crippen molar-refractivity contribution in [1.82, 2.24) is 4.98 Å². The Bertz CT molecular complexity index is 888. The second-order valence-corrected chi connectivity index (χ2v) is 5.53. The van der Waals surface area contributed by atoms with Crippen LogP contribution in [0.25, 0.3) is 10.9 Å². The van der Waals surface area contributed by atoms with E-state index in [9.17, 15) is 4.79 Å². The highest BCUT2D eigenvalue weighted by Gasteiger charge is 2.10. The van der Waals surface area contributed by atoms with E-state index < -0.39 is 0 Å². The molecule has 0 fully saturated rings. The predicted molar refractivity (Wildman–Crippen MR) is 92.2 cm³/mol. The maximum atomic E-state index is 12.4. The van der Waals surface area contributed by atoms with Crippen molar-refractivity contribution in [1.29, 1.82) is 0 Å². The fourth-order valence-electron chi connectivity index (χ4n) is 2.50. The molecule has 4 nitrogen and oxygen atoms in total. The number of aryl methyl sites for hydroxylation is 2. The summed E-state index contributed by atoms with van der Waals surface area (Å²) in [6, 6.07) is 15.1. The van der Waals surface area contributed by atoms with Gasteiger partial charge < -0.3 is 10.1 Å². The minimum absolute atomic E-state index is 0.213. The van der Waals surface area contributed by atoms with Crippen LogP contribution in [0.3, 0.4) is 0 Å². The second kappa shape index (κ2) is 6.08. The van der Waals surface area contributed by atoms with Crippen molar-refractivity contribution in [2.75, 3.05) is 12.4 Å². The van der Waals surface area contributed by atoms with Gasteiger partial charge in [0, 0.05) is 11.1 Å². The monoisotopic (exact) mass is 306 g/mol. The molecule has 0 atom stereocenters. The molecule has 3 aromatic rings. The van der Waals surface area contributed by atoms with Crippen LogP contribution in [-0.4, -0.2) is 18.0 Å². The van der Waals surface area contributed by atoms with Crippen LogP contribution in [0.2, 0.25) is 0 Å². The van der Waals surface area contributed by atoms with E-state index in [0.29, 0.717) is 5.69 Å². The molecule has 23 heavy (non-hydrogen) atoms. The third-order valence-corrected chi connectivity index (χ3v) is 3.76. The van der Waals surface area contributed by atoms with Crippen molar-refractivity contribution in [3.05, 3.63) is 65.4 Å². The molecule has 0 unspecified atom stereocenters. The van der Waals surface area contributed by atoms with Crippen molar-refractivity contribution in [2.24, 2.45) is 0 Å². The molecule has 0 aliphatic heterocycles. The molecular formula is C19H18N2O2. The molecule has 0 bridgehead atoms. The van der Waals surface area contributed by atoms with E-state index in [0.717, 1.165) is 27.9 Å². The van der Waals surface area contributed by atoms with Gasteiger partial charge in [-0.25, -0.2) is 4.98 Å². The number of pyridine rings is 1. The third-order valence-electron chi connectivity index (χ3n) is 3.76. The van der Waals surface area contributed by atoms with Gasteiger partial charge in [0.1, 0.15) is 11.4 Å². The molecule has 3 rings (SSSR count). The summed E-state index contributed by atoms with van der Waals surface area (Å²) < 4.78 is 5.19. The Morgan fingerprint density at radius 3 is 2.61 bits per heavy atom. The molecule has 0 saturated carbocycles. The highest BCUT2D eigenvalue weighted by atomic mass is 16.5. The number of anilines is 1. The number of benzene rings is 2. The lowest BCUT2D eigenvalue weighted by Gasteiger charge is -2.09. The van der Waals surface area contributed by atoms with E-state index >= 15 is 0 Å². The molecule has 0 spiro atoms. The Morgan fingerprint density at radius 1 is 1.04 bits per heavy atom. The average molecular weight is 306 g/mol. The lowest BCUT2D eigenvalue weighted by Crippen LogP contribution is -2.14. The summed E-state index contributed by atoms with van der Waals surface area (Å²) >= 11 is 0. The van der Waals surface area contributed by atoms with Crippen molar-refractivity contribution in [2.45, 2.75) is 13.8 Å². The van der Waals surface area contributed by atoms with Crippen molar-refractivity contribution in [3.8, 4) is 5.75 Å². The van der Waals surface area contributed by atoms with Gasteiger partial charge in [-0.05, 0) is 49.7 Å². The normalized spacial score (nSPS) is 10.6. The number of fused-ring (bicyclic) bond motifs is 1. The number of amides is 1. The van der Waals surface area contributed by atoms with Gasteiger partial charge in [0.25, 0.3) is 5.91 Å². The molecule has 4 heteroatoms. The van der Waals surface area contributed by atoms with E-state index in [4.69, 9.17) is 4.74 Å².